The first kappa shape index (κ1) is 20.8. The van der Waals surface area contributed by atoms with Crippen LogP contribution in [0.2, 0.25) is 0 Å². The van der Waals surface area contributed by atoms with E-state index in [1.807, 2.05) is 13.8 Å². The van der Waals surface area contributed by atoms with Gasteiger partial charge in [0.15, 0.2) is 0 Å². The molecule has 3 aromatic rings. The fourth-order valence-electron chi connectivity index (χ4n) is 4.18. The molecule has 158 valence electrons. The fourth-order valence-corrected chi connectivity index (χ4v) is 5.18. The molecule has 6 heteroatoms. The molecule has 2 aromatic heterocycles. The van der Waals surface area contributed by atoms with Gasteiger partial charge >= 0.3 is 5.97 Å². The second kappa shape index (κ2) is 8.72. The second-order valence-corrected chi connectivity index (χ2v) is 9.26. The molecule has 1 aliphatic carbocycles. The van der Waals surface area contributed by atoms with Crippen molar-refractivity contribution in [3.63, 3.8) is 0 Å². The average molecular weight is 425 g/mol. The Bertz CT molecular complexity index is 1150. The van der Waals surface area contributed by atoms with Crippen molar-refractivity contribution in [1.29, 1.82) is 0 Å². The maximum atomic E-state index is 13.4. The molecule has 0 saturated heterocycles. The molecule has 0 radical (unpaired) electrons. The third-order valence-corrected chi connectivity index (χ3v) is 6.96. The van der Waals surface area contributed by atoms with Gasteiger partial charge in [-0.2, -0.15) is 0 Å². The Hall–Kier alpha value is -2.47. The van der Waals surface area contributed by atoms with Crippen molar-refractivity contribution < 1.29 is 9.53 Å². The Morgan fingerprint density at radius 1 is 1.27 bits per heavy atom. The van der Waals surface area contributed by atoms with Gasteiger partial charge in [0.05, 0.1) is 18.3 Å². The number of carbonyl (C=O) groups is 1. The van der Waals surface area contributed by atoms with Gasteiger partial charge in [0.2, 0.25) is 0 Å². The van der Waals surface area contributed by atoms with Gasteiger partial charge in [-0.25, -0.2) is 9.78 Å². The van der Waals surface area contributed by atoms with Gasteiger partial charge in [-0.3, -0.25) is 9.36 Å². The number of rotatable bonds is 6. The second-order valence-electron chi connectivity index (χ2n) is 8.06. The lowest BCUT2D eigenvalue weighted by Crippen LogP contribution is -2.29. The number of esters is 1. The van der Waals surface area contributed by atoms with Gasteiger partial charge in [-0.15, -0.1) is 11.3 Å². The van der Waals surface area contributed by atoms with E-state index in [-0.39, 0.29) is 5.56 Å². The van der Waals surface area contributed by atoms with Gasteiger partial charge in [0.25, 0.3) is 5.56 Å². The number of carbonyl (C=O) groups excluding carboxylic acids is 1. The highest BCUT2D eigenvalue weighted by molar-refractivity contribution is 7.19. The van der Waals surface area contributed by atoms with Crippen molar-refractivity contribution >= 4 is 27.5 Å². The lowest BCUT2D eigenvalue weighted by atomic mass is 9.89. The number of thiophene rings is 1. The summed E-state index contributed by atoms with van der Waals surface area (Å²) in [6.07, 6.45) is 7.92. The highest BCUT2D eigenvalue weighted by atomic mass is 32.1. The SMILES string of the molecule is CCCCOC(=O)C(C)n1cnc2sc(C)c(-c3ccc4c(c3)CCCC4)c2c1=O. The monoisotopic (exact) mass is 424 g/mol. The van der Waals surface area contributed by atoms with Crippen LogP contribution >= 0.6 is 11.3 Å². The van der Waals surface area contributed by atoms with Crippen LogP contribution in [0.3, 0.4) is 0 Å². The Balaban J connectivity index is 1.77. The van der Waals surface area contributed by atoms with Crippen LogP contribution in [0.25, 0.3) is 21.3 Å². The van der Waals surface area contributed by atoms with Gasteiger partial charge in [0, 0.05) is 10.4 Å². The molecule has 0 bridgehead atoms. The highest BCUT2D eigenvalue weighted by Crippen LogP contribution is 2.37. The fraction of sp³-hybridized carbons (Fsp3) is 0.458. The number of nitrogens with zero attached hydrogens (tertiary/aromatic N) is 2. The summed E-state index contributed by atoms with van der Waals surface area (Å²) in [6, 6.07) is 5.86. The topological polar surface area (TPSA) is 61.2 Å². The van der Waals surface area contributed by atoms with Crippen molar-refractivity contribution in [3.05, 3.63) is 50.9 Å². The van der Waals surface area contributed by atoms with Crippen LogP contribution in [-0.2, 0) is 22.4 Å². The van der Waals surface area contributed by atoms with Gasteiger partial charge < -0.3 is 4.74 Å². The summed E-state index contributed by atoms with van der Waals surface area (Å²) < 4.78 is 6.73. The zero-order valence-corrected chi connectivity index (χ0v) is 18.7. The molecular weight excluding hydrogens is 396 g/mol. The zero-order valence-electron chi connectivity index (χ0n) is 17.9. The van der Waals surface area contributed by atoms with E-state index in [2.05, 4.69) is 23.2 Å². The molecule has 1 aromatic carbocycles. The molecule has 1 atom stereocenters. The smallest absolute Gasteiger partial charge is 0.328 e. The number of ether oxygens (including phenoxy) is 1. The first-order valence-electron chi connectivity index (χ1n) is 10.8. The van der Waals surface area contributed by atoms with Crippen LogP contribution in [0, 0.1) is 6.92 Å². The summed E-state index contributed by atoms with van der Waals surface area (Å²) in [5, 5.41) is 0.601. The van der Waals surface area contributed by atoms with Crippen LogP contribution in [0.4, 0.5) is 0 Å². The Labute approximate surface area is 180 Å². The minimum absolute atomic E-state index is 0.183. The Morgan fingerprint density at radius 2 is 2.03 bits per heavy atom. The molecule has 1 unspecified atom stereocenters. The van der Waals surface area contributed by atoms with E-state index in [1.165, 1.54) is 46.2 Å². The first-order valence-corrected chi connectivity index (χ1v) is 11.6. The van der Waals surface area contributed by atoms with Gasteiger partial charge in [0.1, 0.15) is 10.9 Å². The summed E-state index contributed by atoms with van der Waals surface area (Å²) in [6.45, 7) is 6.15. The third-order valence-electron chi connectivity index (χ3n) is 5.95. The number of hydrogen-bond acceptors (Lipinski definition) is 5. The predicted octanol–water partition coefficient (Wildman–Crippen LogP) is 5.22. The van der Waals surface area contributed by atoms with E-state index in [0.29, 0.717) is 16.8 Å². The summed E-state index contributed by atoms with van der Waals surface area (Å²) >= 11 is 1.53. The maximum absolute atomic E-state index is 13.4. The molecule has 4 rings (SSSR count). The van der Waals surface area contributed by atoms with Crippen molar-refractivity contribution in [2.24, 2.45) is 0 Å². The zero-order chi connectivity index (χ0) is 21.3. The lowest BCUT2D eigenvalue weighted by molar-refractivity contribution is -0.147. The normalized spacial score (nSPS) is 14.5. The van der Waals surface area contributed by atoms with Crippen LogP contribution in [0.1, 0.15) is 61.6 Å². The van der Waals surface area contributed by atoms with Crippen molar-refractivity contribution in [2.45, 2.75) is 65.3 Å². The quantitative estimate of drug-likeness (QED) is 0.402. The molecule has 5 nitrogen and oxygen atoms in total. The number of benzene rings is 1. The van der Waals surface area contributed by atoms with E-state index in [0.717, 1.165) is 41.7 Å². The number of fused-ring (bicyclic) bond motifs is 2. The summed E-state index contributed by atoms with van der Waals surface area (Å²) in [4.78, 5) is 32.1. The van der Waals surface area contributed by atoms with Crippen LogP contribution in [0.5, 0.6) is 0 Å². The molecule has 0 fully saturated rings. The van der Waals surface area contributed by atoms with E-state index in [4.69, 9.17) is 4.74 Å². The number of aromatic nitrogens is 2. The molecule has 0 saturated carbocycles. The predicted molar refractivity (Wildman–Crippen MR) is 121 cm³/mol. The minimum atomic E-state index is -0.706. The molecular formula is C24H28N2O3S. The number of unbranched alkanes of at least 4 members (excludes halogenated alkanes) is 1. The van der Waals surface area contributed by atoms with E-state index in [9.17, 15) is 9.59 Å². The molecule has 1 aliphatic rings. The van der Waals surface area contributed by atoms with Gasteiger partial charge in [-0.1, -0.05) is 31.5 Å². The van der Waals surface area contributed by atoms with Gasteiger partial charge in [-0.05, 0) is 62.6 Å². The summed E-state index contributed by atoms with van der Waals surface area (Å²) in [5.41, 5.74) is 4.63. The Morgan fingerprint density at radius 3 is 2.80 bits per heavy atom. The molecule has 0 aliphatic heterocycles. The van der Waals surface area contributed by atoms with E-state index in [1.54, 1.807) is 6.92 Å². The minimum Gasteiger partial charge on any atom is -0.464 e. The first-order chi connectivity index (χ1) is 14.5. The third kappa shape index (κ3) is 3.81. The summed E-state index contributed by atoms with van der Waals surface area (Å²) in [7, 11) is 0. The standard InChI is InChI=1S/C24H28N2O3S/c1-4-5-12-29-24(28)15(2)26-14-25-22-21(23(26)27)20(16(3)30-22)19-11-10-17-8-6-7-9-18(17)13-19/h10-11,13-15H,4-9,12H2,1-3H3. The number of aryl methyl sites for hydroxylation is 3. The van der Waals surface area contributed by atoms with E-state index < -0.39 is 12.0 Å². The van der Waals surface area contributed by atoms with Crippen molar-refractivity contribution in [3.8, 4) is 11.1 Å². The largest absolute Gasteiger partial charge is 0.464 e. The maximum Gasteiger partial charge on any atom is 0.328 e. The number of hydrogen-bond donors (Lipinski definition) is 0. The summed E-state index contributed by atoms with van der Waals surface area (Å²) in [5.74, 6) is -0.394. The lowest BCUT2D eigenvalue weighted by Gasteiger charge is -2.17. The average Bonchev–Trinajstić information content (AvgIpc) is 3.10. The van der Waals surface area contributed by atoms with E-state index >= 15 is 0 Å². The highest BCUT2D eigenvalue weighted by Gasteiger charge is 2.23. The van der Waals surface area contributed by atoms with Crippen molar-refractivity contribution in [1.82, 2.24) is 9.55 Å². The molecule has 0 N–H and O–H groups in total. The molecule has 0 spiro atoms. The van der Waals surface area contributed by atoms with Crippen LogP contribution in [-0.4, -0.2) is 22.1 Å². The molecule has 0 amide bonds. The van der Waals surface area contributed by atoms with Crippen LogP contribution < -0.4 is 5.56 Å². The Kier molecular flexibility index (Phi) is 6.04. The van der Waals surface area contributed by atoms with Crippen LogP contribution in [0.15, 0.2) is 29.3 Å². The van der Waals surface area contributed by atoms with Crippen molar-refractivity contribution in [2.75, 3.05) is 6.61 Å². The molecule has 2 heterocycles. The molecule has 30 heavy (non-hydrogen) atoms.